The number of hydrogen-bond acceptors (Lipinski definition) is 11. The number of carbonyl (C=O) groups is 2. The molecule has 3 atom stereocenters. The van der Waals surface area contributed by atoms with Crippen molar-refractivity contribution in [3.05, 3.63) is 71.0 Å². The Morgan fingerprint density at radius 1 is 0.889 bits per heavy atom. The Hall–Kier alpha value is -4.57. The number of nitrogens with one attached hydrogen (secondary N) is 2. The number of hydrogen-bond donors (Lipinski definition) is 5. The SMILES string of the molecule is COc1cc2cc(C(=O)N3CC(CCl)c4c3cc(OP(=O)(O)OP(=O)(O)OCCN)c3[nH]c(C(=O)N5CCc6ccccc65)cc43)[nH]c2c(OC)c1OC. The number of halogens is 1. The van der Waals surface area contributed by atoms with Crippen LogP contribution in [0.2, 0.25) is 0 Å². The number of fused-ring (bicyclic) bond motifs is 5. The summed E-state index contributed by atoms with van der Waals surface area (Å²) in [5.74, 6) is -0.665. The van der Waals surface area contributed by atoms with E-state index in [4.69, 9.17) is 36.1 Å². The quantitative estimate of drug-likeness (QED) is 0.0740. The third kappa shape index (κ3) is 6.71. The molecule has 2 aliphatic heterocycles. The fourth-order valence-electron chi connectivity index (χ4n) is 7.00. The minimum absolute atomic E-state index is 0.0583. The van der Waals surface area contributed by atoms with E-state index in [1.54, 1.807) is 23.1 Å². The fraction of sp³-hybridized carbons (Fsp3) is 0.294. The Morgan fingerprint density at radius 3 is 2.30 bits per heavy atom. The summed E-state index contributed by atoms with van der Waals surface area (Å²) in [5.41, 5.74) is 8.67. The summed E-state index contributed by atoms with van der Waals surface area (Å²) in [5, 5.41) is 0.945. The number of amides is 2. The maximum Gasteiger partial charge on any atom is 0.536 e. The first-order chi connectivity index (χ1) is 25.8. The van der Waals surface area contributed by atoms with E-state index in [9.17, 15) is 28.5 Å². The third-order valence-electron chi connectivity index (χ3n) is 9.24. The van der Waals surface area contributed by atoms with E-state index >= 15 is 0 Å². The lowest BCUT2D eigenvalue weighted by Crippen LogP contribution is -2.30. The van der Waals surface area contributed by atoms with Crippen LogP contribution >= 0.6 is 27.2 Å². The summed E-state index contributed by atoms with van der Waals surface area (Å²) in [4.78, 5) is 58.3. The fourth-order valence-corrected chi connectivity index (χ4v) is 9.35. The molecule has 2 aromatic heterocycles. The van der Waals surface area contributed by atoms with Gasteiger partial charge in [0.1, 0.15) is 11.4 Å². The highest BCUT2D eigenvalue weighted by Crippen LogP contribution is 2.61. The average Bonchev–Trinajstić information content (AvgIpc) is 3.95. The van der Waals surface area contributed by atoms with E-state index in [1.807, 2.05) is 24.3 Å². The Morgan fingerprint density at radius 2 is 1.59 bits per heavy atom. The molecule has 0 saturated carbocycles. The number of H-pyrrole nitrogens is 2. The van der Waals surface area contributed by atoms with Gasteiger partial charge < -0.3 is 49.1 Å². The van der Waals surface area contributed by atoms with Crippen LogP contribution in [0.15, 0.2) is 48.5 Å². The van der Waals surface area contributed by atoms with Gasteiger partial charge in [-0.3, -0.25) is 19.0 Å². The minimum Gasteiger partial charge on any atom is -0.493 e. The number of aromatic nitrogens is 2. The Labute approximate surface area is 313 Å². The molecule has 3 aromatic carbocycles. The maximum absolute atomic E-state index is 14.4. The predicted molar refractivity (Wildman–Crippen MR) is 200 cm³/mol. The number of phosphoric ester groups is 2. The zero-order valence-electron chi connectivity index (χ0n) is 29.2. The molecule has 0 bridgehead atoms. The highest BCUT2D eigenvalue weighted by atomic mass is 35.5. The van der Waals surface area contributed by atoms with Crippen molar-refractivity contribution >= 4 is 72.2 Å². The van der Waals surface area contributed by atoms with Crippen molar-refractivity contribution in [3.8, 4) is 23.0 Å². The van der Waals surface area contributed by atoms with Gasteiger partial charge in [-0.15, -0.1) is 11.6 Å². The molecule has 0 saturated heterocycles. The molecule has 0 fully saturated rings. The van der Waals surface area contributed by atoms with Crippen LogP contribution in [0, 0.1) is 0 Å². The molecule has 17 nitrogen and oxygen atoms in total. The summed E-state index contributed by atoms with van der Waals surface area (Å²) in [6, 6.07) is 13.7. The standard InChI is InChI=1S/C34H36ClN5O12P2/c1-47-27-13-19-12-22(37-29(19)32(49-3)31(27)48-2)34(42)40-17-20(16-35)28-21-14-23(33(41)39-10-8-18-6-4-5-7-24(18)39)38-30(21)26(15-25(28)40)51-54(45,46)52-53(43,44)50-11-9-36/h4-7,12-15,20,37-38H,8-11,16-17,36H2,1-3H3,(H,43,44)(H,45,46). The van der Waals surface area contributed by atoms with Gasteiger partial charge >= 0.3 is 15.6 Å². The van der Waals surface area contributed by atoms with Crippen molar-refractivity contribution < 1.29 is 56.1 Å². The molecule has 7 rings (SSSR count). The van der Waals surface area contributed by atoms with Gasteiger partial charge in [0, 0.05) is 54.0 Å². The van der Waals surface area contributed by atoms with E-state index in [2.05, 4.69) is 18.8 Å². The molecule has 5 aromatic rings. The van der Waals surface area contributed by atoms with E-state index in [1.165, 1.54) is 32.3 Å². The van der Waals surface area contributed by atoms with Crippen LogP contribution in [0.4, 0.5) is 11.4 Å². The van der Waals surface area contributed by atoms with Crippen LogP contribution in [0.5, 0.6) is 23.0 Å². The Kier molecular flexibility index (Phi) is 10.2. The van der Waals surface area contributed by atoms with Crippen LogP contribution in [0.25, 0.3) is 21.8 Å². The van der Waals surface area contributed by atoms with Gasteiger partial charge in [0.2, 0.25) is 5.75 Å². The number of alkyl halides is 1. The van der Waals surface area contributed by atoms with Gasteiger partial charge in [0.25, 0.3) is 11.8 Å². The number of aromatic amines is 2. The number of anilines is 2. The number of nitrogens with zero attached hydrogens (tertiary/aromatic N) is 2. The molecule has 0 radical (unpaired) electrons. The molecule has 6 N–H and O–H groups in total. The van der Waals surface area contributed by atoms with Crippen molar-refractivity contribution in [3.63, 3.8) is 0 Å². The van der Waals surface area contributed by atoms with Crippen molar-refractivity contribution in [2.75, 3.05) is 63.3 Å². The molecule has 3 unspecified atom stereocenters. The minimum atomic E-state index is -5.42. The van der Waals surface area contributed by atoms with Crippen molar-refractivity contribution in [2.24, 2.45) is 5.73 Å². The first kappa shape index (κ1) is 37.7. The molecular weight excluding hydrogens is 768 g/mol. The second-order valence-corrected chi connectivity index (χ2v) is 15.7. The maximum atomic E-state index is 14.4. The van der Waals surface area contributed by atoms with Gasteiger partial charge in [-0.1, -0.05) is 18.2 Å². The van der Waals surface area contributed by atoms with E-state index < -0.39 is 34.1 Å². The lowest BCUT2D eigenvalue weighted by Gasteiger charge is -2.20. The molecule has 0 spiro atoms. The molecule has 4 heterocycles. The summed E-state index contributed by atoms with van der Waals surface area (Å²) in [6.45, 7) is -0.125. The van der Waals surface area contributed by atoms with Gasteiger partial charge in [-0.05, 0) is 41.8 Å². The number of ether oxygens (including phenoxy) is 3. The van der Waals surface area contributed by atoms with Crippen LogP contribution < -0.4 is 34.3 Å². The summed E-state index contributed by atoms with van der Waals surface area (Å²) < 4.78 is 56.9. The van der Waals surface area contributed by atoms with Crippen molar-refractivity contribution in [1.82, 2.24) is 9.97 Å². The van der Waals surface area contributed by atoms with Gasteiger partial charge in [0.05, 0.1) is 44.7 Å². The predicted octanol–water partition coefficient (Wildman–Crippen LogP) is 5.43. The Balaban J connectivity index is 1.35. The van der Waals surface area contributed by atoms with Crippen molar-refractivity contribution in [1.29, 1.82) is 0 Å². The molecule has 2 aliphatic rings. The number of carbonyl (C=O) groups excluding carboxylic acids is 2. The number of para-hydroxylation sites is 1. The second-order valence-electron chi connectivity index (χ2n) is 12.4. The monoisotopic (exact) mass is 803 g/mol. The molecule has 2 amide bonds. The number of nitrogens with two attached hydrogens (primary N) is 1. The van der Waals surface area contributed by atoms with Gasteiger partial charge in [-0.25, -0.2) is 9.13 Å². The van der Waals surface area contributed by atoms with Crippen molar-refractivity contribution in [2.45, 2.75) is 12.3 Å². The number of rotatable bonds is 13. The first-order valence-electron chi connectivity index (χ1n) is 16.5. The number of phosphoric acid groups is 2. The molecule has 54 heavy (non-hydrogen) atoms. The lowest BCUT2D eigenvalue weighted by atomic mass is 9.98. The molecule has 20 heteroatoms. The number of methoxy groups -OCH3 is 3. The largest absolute Gasteiger partial charge is 0.536 e. The zero-order chi connectivity index (χ0) is 38.5. The van der Waals surface area contributed by atoms with Crippen LogP contribution in [-0.4, -0.2) is 85.0 Å². The average molecular weight is 804 g/mol. The van der Waals surface area contributed by atoms with Gasteiger partial charge in [0.15, 0.2) is 17.2 Å². The van der Waals surface area contributed by atoms with Crippen LogP contribution in [0.3, 0.4) is 0 Å². The van der Waals surface area contributed by atoms with E-state index in [-0.39, 0.29) is 53.2 Å². The molecule has 286 valence electrons. The van der Waals surface area contributed by atoms with Crippen LogP contribution in [0.1, 0.15) is 38.0 Å². The zero-order valence-corrected chi connectivity index (χ0v) is 31.7. The highest BCUT2D eigenvalue weighted by molar-refractivity contribution is 7.61. The smallest absolute Gasteiger partial charge is 0.493 e. The summed E-state index contributed by atoms with van der Waals surface area (Å²) >= 11 is 6.52. The van der Waals surface area contributed by atoms with Gasteiger partial charge in [-0.2, -0.15) is 4.31 Å². The van der Waals surface area contributed by atoms with Crippen LogP contribution in [-0.2, 0) is 24.4 Å². The molecule has 0 aliphatic carbocycles. The third-order valence-corrected chi connectivity index (χ3v) is 12.2. The lowest BCUT2D eigenvalue weighted by molar-refractivity contribution is 0.0977. The highest BCUT2D eigenvalue weighted by Gasteiger charge is 2.41. The number of benzene rings is 3. The molecular formula is C34H36ClN5O12P2. The first-order valence-corrected chi connectivity index (χ1v) is 20.1. The second kappa shape index (κ2) is 14.6. The van der Waals surface area contributed by atoms with E-state index in [0.717, 1.165) is 11.3 Å². The Bertz CT molecular complexity index is 2400. The summed E-state index contributed by atoms with van der Waals surface area (Å²) in [6.07, 6.45) is 0.648. The normalized spacial score (nSPS) is 17.3. The summed E-state index contributed by atoms with van der Waals surface area (Å²) in [7, 11) is -6.15. The van der Waals surface area contributed by atoms with E-state index in [0.29, 0.717) is 52.1 Å². The topological polar surface area (TPSA) is 228 Å².